The molecule has 1 saturated carbocycles. The number of ether oxygens (including phenoxy) is 1. The summed E-state index contributed by atoms with van der Waals surface area (Å²) in [5, 5.41) is 2.97. The number of nitrogens with one attached hydrogen (secondary N) is 2. The molecule has 1 fully saturated rings. The lowest BCUT2D eigenvalue weighted by atomic mass is 9.96. The Morgan fingerprint density at radius 1 is 1.00 bits per heavy atom. The first-order valence-electron chi connectivity index (χ1n) is 11.3. The van der Waals surface area contributed by atoms with Gasteiger partial charge in [0.2, 0.25) is 10.0 Å². The van der Waals surface area contributed by atoms with Crippen LogP contribution in [0.3, 0.4) is 0 Å². The van der Waals surface area contributed by atoms with E-state index in [1.54, 1.807) is 12.1 Å². The van der Waals surface area contributed by atoms with Crippen molar-refractivity contribution in [1.29, 1.82) is 0 Å². The number of rotatable bonds is 8. The van der Waals surface area contributed by atoms with E-state index in [4.69, 9.17) is 4.74 Å². The molecule has 0 aliphatic heterocycles. The van der Waals surface area contributed by atoms with Gasteiger partial charge in [0.05, 0.1) is 10.9 Å². The second-order valence-electron chi connectivity index (χ2n) is 8.80. The third-order valence-corrected chi connectivity index (χ3v) is 7.69. The smallest absolute Gasteiger partial charge is 0.258 e. The van der Waals surface area contributed by atoms with Crippen LogP contribution in [-0.2, 0) is 14.8 Å². The summed E-state index contributed by atoms with van der Waals surface area (Å²) in [6, 6.07) is 10.3. The fourth-order valence-corrected chi connectivity index (χ4v) is 5.49. The molecule has 1 aliphatic carbocycles. The third kappa shape index (κ3) is 6.33. The molecular formula is C25H34N2O4S. The molecule has 1 amide bonds. The molecule has 32 heavy (non-hydrogen) atoms. The highest BCUT2D eigenvalue weighted by Gasteiger charge is 2.22. The number of amides is 1. The standard InChI is InChI=1S/C25H34N2O4S/c1-17-14-19(3)24(15-18(17)2)20(4)26-25(28)16-31-22-10-12-23(13-11-22)32(29,30)27-21-8-6-5-7-9-21/h10-15,20-21,27H,5-9,16H2,1-4H3,(H,26,28)/t20-/m1/s1. The predicted octanol–water partition coefficient (Wildman–Crippen LogP) is 4.48. The number of benzene rings is 2. The number of aryl methyl sites for hydroxylation is 3. The molecule has 2 aromatic rings. The normalized spacial score (nSPS) is 15.9. The molecule has 0 heterocycles. The van der Waals surface area contributed by atoms with Gasteiger partial charge in [-0.15, -0.1) is 0 Å². The zero-order valence-electron chi connectivity index (χ0n) is 19.4. The monoisotopic (exact) mass is 458 g/mol. The van der Waals surface area contributed by atoms with Crippen molar-refractivity contribution in [2.75, 3.05) is 6.61 Å². The molecule has 2 N–H and O–H groups in total. The minimum Gasteiger partial charge on any atom is -0.484 e. The molecule has 0 spiro atoms. The minimum absolute atomic E-state index is 0.0105. The van der Waals surface area contributed by atoms with Crippen LogP contribution in [0.15, 0.2) is 41.3 Å². The van der Waals surface area contributed by atoms with Gasteiger partial charge in [0.25, 0.3) is 5.91 Å². The lowest BCUT2D eigenvalue weighted by Gasteiger charge is -2.22. The van der Waals surface area contributed by atoms with Crippen LogP contribution < -0.4 is 14.8 Å². The first-order chi connectivity index (χ1) is 15.2. The summed E-state index contributed by atoms with van der Waals surface area (Å²) in [4.78, 5) is 12.6. The summed E-state index contributed by atoms with van der Waals surface area (Å²) in [5.74, 6) is 0.220. The molecule has 3 rings (SSSR count). The van der Waals surface area contributed by atoms with Crippen LogP contribution in [-0.4, -0.2) is 27.0 Å². The highest BCUT2D eigenvalue weighted by Crippen LogP contribution is 2.23. The maximum atomic E-state index is 12.6. The molecule has 6 nitrogen and oxygen atoms in total. The van der Waals surface area contributed by atoms with Crippen molar-refractivity contribution < 1.29 is 17.9 Å². The molecule has 2 aromatic carbocycles. The zero-order chi connectivity index (χ0) is 23.3. The van der Waals surface area contributed by atoms with Crippen molar-refractivity contribution in [2.45, 2.75) is 76.8 Å². The largest absolute Gasteiger partial charge is 0.484 e. The number of carbonyl (C=O) groups excluding carboxylic acids is 1. The Morgan fingerprint density at radius 2 is 1.62 bits per heavy atom. The van der Waals surface area contributed by atoms with Crippen LogP contribution in [0.2, 0.25) is 0 Å². The summed E-state index contributed by atoms with van der Waals surface area (Å²) in [7, 11) is -3.55. The van der Waals surface area contributed by atoms with Crippen molar-refractivity contribution in [3.8, 4) is 5.75 Å². The predicted molar refractivity (Wildman–Crippen MR) is 126 cm³/mol. The Morgan fingerprint density at radius 3 is 2.28 bits per heavy atom. The van der Waals surface area contributed by atoms with Gasteiger partial charge in [0, 0.05) is 6.04 Å². The van der Waals surface area contributed by atoms with Crippen LogP contribution in [0.25, 0.3) is 0 Å². The third-order valence-electron chi connectivity index (χ3n) is 6.16. The van der Waals surface area contributed by atoms with Gasteiger partial charge >= 0.3 is 0 Å². The van der Waals surface area contributed by atoms with Gasteiger partial charge in [0.1, 0.15) is 5.75 Å². The summed E-state index contributed by atoms with van der Waals surface area (Å²) in [5.41, 5.74) is 4.64. The van der Waals surface area contributed by atoms with E-state index in [1.807, 2.05) is 13.8 Å². The summed E-state index contributed by atoms with van der Waals surface area (Å²) in [6.07, 6.45) is 5.06. The van der Waals surface area contributed by atoms with Crippen molar-refractivity contribution >= 4 is 15.9 Å². The summed E-state index contributed by atoms with van der Waals surface area (Å²) < 4.78 is 33.5. The maximum Gasteiger partial charge on any atom is 0.258 e. The van der Waals surface area contributed by atoms with Gasteiger partial charge in [-0.25, -0.2) is 13.1 Å². The molecule has 7 heteroatoms. The molecule has 1 aliphatic rings. The van der Waals surface area contributed by atoms with E-state index in [1.165, 1.54) is 29.7 Å². The van der Waals surface area contributed by atoms with Gasteiger partial charge in [-0.1, -0.05) is 31.4 Å². The zero-order valence-corrected chi connectivity index (χ0v) is 20.2. The first kappa shape index (κ1) is 24.3. The molecule has 0 radical (unpaired) electrons. The molecule has 1 atom stereocenters. The number of sulfonamides is 1. The molecule has 0 unspecified atom stereocenters. The Labute approximate surface area is 191 Å². The van der Waals surface area contributed by atoms with Crippen LogP contribution in [0, 0.1) is 20.8 Å². The Bertz CT molecular complexity index is 1040. The van der Waals surface area contributed by atoms with Gasteiger partial charge < -0.3 is 10.1 Å². The van der Waals surface area contributed by atoms with Crippen molar-refractivity contribution in [3.63, 3.8) is 0 Å². The number of hydrogen-bond donors (Lipinski definition) is 2. The first-order valence-corrected chi connectivity index (χ1v) is 12.8. The lowest BCUT2D eigenvalue weighted by Crippen LogP contribution is -2.36. The SMILES string of the molecule is Cc1cc(C)c([C@@H](C)NC(=O)COc2ccc(S(=O)(=O)NC3CCCCC3)cc2)cc1C. The Hall–Kier alpha value is -2.38. The van der Waals surface area contributed by atoms with Crippen LogP contribution in [0.4, 0.5) is 0 Å². The molecule has 0 aromatic heterocycles. The van der Waals surface area contributed by atoms with Crippen molar-refractivity contribution in [3.05, 3.63) is 58.7 Å². The average molecular weight is 459 g/mol. The van der Waals surface area contributed by atoms with E-state index in [2.05, 4.69) is 36.0 Å². The topological polar surface area (TPSA) is 84.5 Å². The lowest BCUT2D eigenvalue weighted by molar-refractivity contribution is -0.123. The highest BCUT2D eigenvalue weighted by molar-refractivity contribution is 7.89. The second-order valence-corrected chi connectivity index (χ2v) is 10.5. The molecular weight excluding hydrogens is 424 g/mol. The van der Waals surface area contributed by atoms with E-state index in [0.717, 1.165) is 36.8 Å². The maximum absolute atomic E-state index is 12.6. The molecule has 174 valence electrons. The quantitative estimate of drug-likeness (QED) is 0.611. The van der Waals surface area contributed by atoms with Gasteiger partial charge in [-0.05, 0) is 87.1 Å². The van der Waals surface area contributed by atoms with E-state index in [0.29, 0.717) is 5.75 Å². The van der Waals surface area contributed by atoms with E-state index in [-0.39, 0.29) is 29.5 Å². The fourth-order valence-electron chi connectivity index (χ4n) is 4.18. The summed E-state index contributed by atoms with van der Waals surface area (Å²) >= 11 is 0. The van der Waals surface area contributed by atoms with Gasteiger partial charge in [0.15, 0.2) is 6.61 Å². The average Bonchev–Trinajstić information content (AvgIpc) is 2.75. The van der Waals surface area contributed by atoms with Crippen molar-refractivity contribution in [2.24, 2.45) is 0 Å². The molecule has 0 saturated heterocycles. The Balaban J connectivity index is 1.53. The minimum atomic E-state index is -3.55. The highest BCUT2D eigenvalue weighted by atomic mass is 32.2. The second kappa shape index (κ2) is 10.5. The van der Waals surface area contributed by atoms with E-state index in [9.17, 15) is 13.2 Å². The van der Waals surface area contributed by atoms with E-state index >= 15 is 0 Å². The van der Waals surface area contributed by atoms with E-state index < -0.39 is 10.0 Å². The number of hydrogen-bond acceptors (Lipinski definition) is 4. The van der Waals surface area contributed by atoms with Crippen LogP contribution in [0.1, 0.15) is 67.3 Å². The number of carbonyl (C=O) groups is 1. The van der Waals surface area contributed by atoms with Crippen LogP contribution in [0.5, 0.6) is 5.75 Å². The summed E-state index contributed by atoms with van der Waals surface area (Å²) in [6.45, 7) is 7.99. The molecule has 0 bridgehead atoms. The van der Waals surface area contributed by atoms with Crippen LogP contribution >= 0.6 is 0 Å². The van der Waals surface area contributed by atoms with Gasteiger partial charge in [-0.2, -0.15) is 0 Å². The van der Waals surface area contributed by atoms with Gasteiger partial charge in [-0.3, -0.25) is 4.79 Å². The Kier molecular flexibility index (Phi) is 7.96. The van der Waals surface area contributed by atoms with Crippen molar-refractivity contribution in [1.82, 2.24) is 10.0 Å². The fraction of sp³-hybridized carbons (Fsp3) is 0.480.